The number of halogens is 1. The van der Waals surface area contributed by atoms with Crippen LogP contribution in [0.15, 0.2) is 84.1 Å². The zero-order valence-electron chi connectivity index (χ0n) is 29.0. The second-order valence-corrected chi connectivity index (χ2v) is 14.2. The molecule has 2 aromatic carbocycles. The maximum Gasteiger partial charge on any atom is 0.255 e. The molecule has 3 aromatic rings. The van der Waals surface area contributed by atoms with Gasteiger partial charge >= 0.3 is 0 Å². The van der Waals surface area contributed by atoms with Crippen molar-refractivity contribution in [2.24, 2.45) is 5.41 Å². The first kappa shape index (κ1) is 34.7. The number of Topliss-reactive ketones (excluding diaryl/α,β-unsaturated/α-hetero) is 1. The number of aromatic nitrogens is 2. The Hall–Kier alpha value is -4.69. The largest absolute Gasteiger partial charge is 0.395 e. The van der Waals surface area contributed by atoms with Crippen molar-refractivity contribution in [3.63, 3.8) is 0 Å². The normalized spacial score (nSPS) is 26.0. The minimum atomic E-state index is -0.657. The summed E-state index contributed by atoms with van der Waals surface area (Å²) in [5.74, 6) is 5.60. The summed E-state index contributed by atoms with van der Waals surface area (Å²) >= 11 is 0. The number of hydrogen-bond donors (Lipinski definition) is 3. The van der Waals surface area contributed by atoms with E-state index in [4.69, 9.17) is 9.72 Å². The number of fused-ring (bicyclic) bond motifs is 1. The van der Waals surface area contributed by atoms with Gasteiger partial charge in [0, 0.05) is 30.7 Å². The van der Waals surface area contributed by atoms with Gasteiger partial charge in [0.25, 0.3) is 5.91 Å². The lowest BCUT2D eigenvalue weighted by Crippen LogP contribution is -2.45. The number of carbonyl (C=O) groups excluding carboxylic acids is 2. The molecular formula is C41H44FN5O4. The van der Waals surface area contributed by atoms with Crippen LogP contribution in [0.1, 0.15) is 56.6 Å². The van der Waals surface area contributed by atoms with Gasteiger partial charge in [-0.15, -0.1) is 0 Å². The van der Waals surface area contributed by atoms with Crippen LogP contribution >= 0.6 is 0 Å². The molecule has 0 radical (unpaired) electrons. The molecule has 1 aliphatic heterocycles. The standard InChI is InChI=1S/C41H44FN5O4/c1-28(49)34(10-3-2-7-31-24-41(31,27-48)30-8-4-9-32(42)23-30)39(50)43-17-5-6-29-11-12-35-36(22-29)45-38(26-44-35)46-37-25-40(37)15-13-33(14-16-40)47-18-20-51-21-19-47/h2-4,8-12,22-24,26,33,37,48H,7,13-21,25,27H2,1H3,(H,43,50)(H,45,46)/b3-2-,34-10+. The van der Waals surface area contributed by atoms with E-state index in [-0.39, 0.29) is 30.3 Å². The molecule has 2 saturated carbocycles. The maximum absolute atomic E-state index is 13.7. The van der Waals surface area contributed by atoms with Gasteiger partial charge in [0.2, 0.25) is 0 Å². The van der Waals surface area contributed by atoms with Gasteiger partial charge in [0.05, 0.1) is 54.6 Å². The first-order chi connectivity index (χ1) is 24.8. The van der Waals surface area contributed by atoms with Crippen LogP contribution in [0.3, 0.4) is 0 Å². The van der Waals surface area contributed by atoms with Crippen LogP contribution in [-0.2, 0) is 19.7 Å². The van der Waals surface area contributed by atoms with Crippen LogP contribution < -0.4 is 10.6 Å². The van der Waals surface area contributed by atoms with Crippen molar-refractivity contribution in [3.05, 3.63) is 101 Å². The molecule has 1 amide bonds. The van der Waals surface area contributed by atoms with E-state index in [1.54, 1.807) is 18.2 Å². The number of aliphatic hydroxyl groups excluding tert-OH is 1. The molecule has 2 heterocycles. The Balaban J connectivity index is 0.896. The Bertz CT molecular complexity index is 1960. The number of rotatable bonds is 11. The molecule has 51 heavy (non-hydrogen) atoms. The van der Waals surface area contributed by atoms with Gasteiger partial charge in [-0.1, -0.05) is 47.8 Å². The van der Waals surface area contributed by atoms with Crippen molar-refractivity contribution >= 4 is 28.5 Å². The van der Waals surface area contributed by atoms with Crippen molar-refractivity contribution < 1.29 is 23.8 Å². The highest BCUT2D eigenvalue weighted by Gasteiger charge is 2.55. The number of morpholine rings is 1. The summed E-state index contributed by atoms with van der Waals surface area (Å²) < 4.78 is 19.3. The van der Waals surface area contributed by atoms with Crippen LogP contribution in [0.4, 0.5) is 10.2 Å². The third kappa shape index (κ3) is 7.81. The summed E-state index contributed by atoms with van der Waals surface area (Å²) in [6.45, 7) is 5.07. The van der Waals surface area contributed by atoms with Crippen molar-refractivity contribution in [1.29, 1.82) is 0 Å². The van der Waals surface area contributed by atoms with Gasteiger partial charge in [-0.3, -0.25) is 19.5 Å². The van der Waals surface area contributed by atoms with E-state index in [2.05, 4.69) is 32.4 Å². The van der Waals surface area contributed by atoms with Gasteiger partial charge in [-0.25, -0.2) is 9.37 Å². The lowest BCUT2D eigenvalue weighted by atomic mass is 9.82. The van der Waals surface area contributed by atoms with Crippen molar-refractivity contribution in [3.8, 4) is 11.8 Å². The number of anilines is 1. The minimum absolute atomic E-state index is 0.0139. The smallest absolute Gasteiger partial charge is 0.255 e. The molecule has 3 N–H and O–H groups in total. The van der Waals surface area contributed by atoms with Crippen LogP contribution in [0.2, 0.25) is 0 Å². The highest BCUT2D eigenvalue weighted by Crippen LogP contribution is 2.57. The van der Waals surface area contributed by atoms with E-state index in [1.165, 1.54) is 57.2 Å². The molecule has 9 nitrogen and oxygen atoms in total. The van der Waals surface area contributed by atoms with Crippen LogP contribution in [0.25, 0.3) is 11.0 Å². The fraction of sp³-hybridized carbons (Fsp3) is 0.415. The first-order valence-corrected chi connectivity index (χ1v) is 17.9. The second-order valence-electron chi connectivity index (χ2n) is 14.2. The molecular weight excluding hydrogens is 645 g/mol. The summed E-state index contributed by atoms with van der Waals surface area (Å²) in [5.41, 5.74) is 3.67. The number of amides is 1. The van der Waals surface area contributed by atoms with Crippen LogP contribution in [0.5, 0.6) is 0 Å². The predicted molar refractivity (Wildman–Crippen MR) is 194 cm³/mol. The van der Waals surface area contributed by atoms with Crippen molar-refractivity contribution in [2.75, 3.05) is 44.8 Å². The Morgan fingerprint density at radius 2 is 1.96 bits per heavy atom. The fourth-order valence-electron chi connectivity index (χ4n) is 7.78. The maximum atomic E-state index is 13.7. The van der Waals surface area contributed by atoms with Gasteiger partial charge < -0.3 is 20.5 Å². The number of nitrogens with zero attached hydrogens (tertiary/aromatic N) is 3. The predicted octanol–water partition coefficient (Wildman–Crippen LogP) is 5.01. The number of ketones is 1. The monoisotopic (exact) mass is 689 g/mol. The molecule has 1 saturated heterocycles. The molecule has 4 aliphatic rings. The summed E-state index contributed by atoms with van der Waals surface area (Å²) in [7, 11) is 0. The highest BCUT2D eigenvalue weighted by molar-refractivity contribution is 6.18. The third-order valence-electron chi connectivity index (χ3n) is 11.0. The lowest BCUT2D eigenvalue weighted by molar-refractivity contribution is -0.121. The van der Waals surface area contributed by atoms with Gasteiger partial charge in [-0.2, -0.15) is 0 Å². The molecule has 2 atom stereocenters. The van der Waals surface area contributed by atoms with Gasteiger partial charge in [0.15, 0.2) is 5.78 Å². The minimum Gasteiger partial charge on any atom is -0.395 e. The van der Waals surface area contributed by atoms with Crippen LogP contribution in [-0.4, -0.2) is 83.2 Å². The number of allylic oxidation sites excluding steroid dienone is 3. The SMILES string of the molecule is CC(=O)/C(=C\C=C/CC1=CC1(CO)c1cccc(F)c1)C(=O)NCC#Cc1ccc2ncc(NC3CC34CCC(N3CCOCC3)CC4)nc2c1. The van der Waals surface area contributed by atoms with E-state index in [1.807, 2.05) is 36.5 Å². The molecule has 1 aromatic heterocycles. The number of hydrogen-bond acceptors (Lipinski definition) is 8. The van der Waals surface area contributed by atoms with E-state index >= 15 is 0 Å². The van der Waals surface area contributed by atoms with Crippen molar-refractivity contribution in [2.45, 2.75) is 62.9 Å². The molecule has 264 valence electrons. The number of nitrogens with one attached hydrogen (secondary N) is 2. The Morgan fingerprint density at radius 1 is 1.14 bits per heavy atom. The second kappa shape index (κ2) is 14.9. The van der Waals surface area contributed by atoms with E-state index in [0.717, 1.165) is 54.3 Å². The molecule has 0 bridgehead atoms. The third-order valence-corrected chi connectivity index (χ3v) is 11.0. The number of benzene rings is 2. The summed E-state index contributed by atoms with van der Waals surface area (Å²) in [6, 6.07) is 13.0. The Kier molecular flexibility index (Phi) is 10.1. The molecule has 3 aliphatic carbocycles. The van der Waals surface area contributed by atoms with Crippen molar-refractivity contribution in [1.82, 2.24) is 20.2 Å². The molecule has 10 heteroatoms. The topological polar surface area (TPSA) is 117 Å². The molecule has 7 rings (SSSR count). The van der Waals surface area contributed by atoms with Gasteiger partial charge in [-0.05, 0) is 92.8 Å². The lowest BCUT2D eigenvalue weighted by Gasteiger charge is -2.39. The van der Waals surface area contributed by atoms with E-state index in [9.17, 15) is 19.1 Å². The summed E-state index contributed by atoms with van der Waals surface area (Å²) in [6.07, 6.45) is 15.3. The molecule has 3 fully saturated rings. The molecule has 1 spiro atoms. The Labute approximate surface area is 298 Å². The van der Waals surface area contributed by atoms with Crippen LogP contribution in [0, 0.1) is 23.1 Å². The average Bonchev–Trinajstić information content (AvgIpc) is 4.04. The summed E-state index contributed by atoms with van der Waals surface area (Å²) in [4.78, 5) is 37.1. The zero-order chi connectivity index (χ0) is 35.4. The number of ether oxygens (including phenoxy) is 1. The van der Waals surface area contributed by atoms with Gasteiger partial charge in [0.1, 0.15) is 11.6 Å². The first-order valence-electron chi connectivity index (χ1n) is 17.9. The quantitative estimate of drug-likeness (QED) is 0.0643. The average molecular weight is 690 g/mol. The van der Waals surface area contributed by atoms with E-state index < -0.39 is 11.3 Å². The summed E-state index contributed by atoms with van der Waals surface area (Å²) in [5, 5.41) is 16.3. The zero-order valence-corrected chi connectivity index (χ0v) is 29.0. The fourth-order valence-corrected chi connectivity index (χ4v) is 7.78. The number of aliphatic hydroxyl groups is 1. The highest BCUT2D eigenvalue weighted by atomic mass is 19.1. The Morgan fingerprint density at radius 3 is 2.73 bits per heavy atom. The van der Waals surface area contributed by atoms with E-state index in [0.29, 0.717) is 29.5 Å². The number of carbonyl (C=O) groups is 2. The molecule has 2 unspecified atom stereocenters.